The molecule has 1 heterocycles. The van der Waals surface area contributed by atoms with Crippen molar-refractivity contribution < 1.29 is 9.66 Å². The number of fused-ring (bicyclic) bond motifs is 1. The first-order valence-corrected chi connectivity index (χ1v) is 6.74. The number of methoxy groups -OCH3 is 1. The molecule has 0 unspecified atom stereocenters. The summed E-state index contributed by atoms with van der Waals surface area (Å²) in [5.41, 5.74) is 1.91. The lowest BCUT2D eigenvalue weighted by Gasteiger charge is -2.01. The van der Waals surface area contributed by atoms with Gasteiger partial charge in [0, 0.05) is 29.9 Å². The van der Waals surface area contributed by atoms with Crippen LogP contribution in [0.25, 0.3) is 23.2 Å². The van der Waals surface area contributed by atoms with Gasteiger partial charge in [-0.05, 0) is 35.9 Å². The lowest BCUT2D eigenvalue weighted by Crippen LogP contribution is -1.88. The highest BCUT2D eigenvalue weighted by molar-refractivity contribution is 5.84. The van der Waals surface area contributed by atoms with Gasteiger partial charge < -0.3 is 9.30 Å². The van der Waals surface area contributed by atoms with Crippen LogP contribution in [0.4, 0.5) is 5.69 Å². The van der Waals surface area contributed by atoms with E-state index in [1.165, 1.54) is 6.07 Å². The maximum Gasteiger partial charge on any atom is 0.270 e. The monoisotopic (exact) mass is 294 g/mol. The number of aromatic nitrogens is 1. The number of benzene rings is 2. The molecule has 0 spiro atoms. The second-order valence-electron chi connectivity index (χ2n) is 4.82. The molecule has 0 aliphatic carbocycles. The molecule has 3 aromatic rings. The summed E-state index contributed by atoms with van der Waals surface area (Å²) < 4.78 is 7.17. The van der Waals surface area contributed by atoms with E-state index in [9.17, 15) is 10.1 Å². The second-order valence-corrected chi connectivity index (χ2v) is 4.82. The minimum atomic E-state index is -0.394. The third kappa shape index (κ3) is 2.69. The van der Waals surface area contributed by atoms with E-state index in [0.717, 1.165) is 22.2 Å². The van der Waals surface area contributed by atoms with Gasteiger partial charge in [0.1, 0.15) is 5.75 Å². The Hall–Kier alpha value is -3.08. The first kappa shape index (κ1) is 13.9. The van der Waals surface area contributed by atoms with E-state index in [-0.39, 0.29) is 5.69 Å². The van der Waals surface area contributed by atoms with Crippen molar-refractivity contribution in [3.8, 4) is 5.75 Å². The van der Waals surface area contributed by atoms with E-state index in [2.05, 4.69) is 0 Å². The van der Waals surface area contributed by atoms with Gasteiger partial charge in [-0.2, -0.15) is 0 Å². The quantitative estimate of drug-likeness (QED) is 0.535. The van der Waals surface area contributed by atoms with E-state index < -0.39 is 4.92 Å². The summed E-state index contributed by atoms with van der Waals surface area (Å²) in [7, 11) is 1.64. The molecule has 22 heavy (non-hydrogen) atoms. The van der Waals surface area contributed by atoms with E-state index in [0.29, 0.717) is 0 Å². The van der Waals surface area contributed by atoms with E-state index >= 15 is 0 Å². The number of nitrogens with zero attached hydrogens (tertiary/aromatic N) is 2. The van der Waals surface area contributed by atoms with Gasteiger partial charge in [-0.15, -0.1) is 0 Å². The minimum Gasteiger partial charge on any atom is -0.497 e. The Morgan fingerprint density at radius 2 is 2.05 bits per heavy atom. The number of nitro benzene ring substituents is 1. The lowest BCUT2D eigenvalue weighted by atomic mass is 10.2. The van der Waals surface area contributed by atoms with Gasteiger partial charge in [-0.1, -0.05) is 12.1 Å². The van der Waals surface area contributed by atoms with Crippen molar-refractivity contribution in [1.82, 2.24) is 4.57 Å². The summed E-state index contributed by atoms with van der Waals surface area (Å²) in [6, 6.07) is 14.4. The summed E-state index contributed by atoms with van der Waals surface area (Å²) >= 11 is 0. The van der Waals surface area contributed by atoms with Gasteiger partial charge in [0.05, 0.1) is 17.5 Å². The average molecular weight is 294 g/mol. The molecule has 0 aliphatic rings. The molecule has 1 aromatic heterocycles. The molecule has 0 N–H and O–H groups in total. The maximum absolute atomic E-state index is 10.8. The summed E-state index contributed by atoms with van der Waals surface area (Å²) in [5, 5.41) is 11.9. The van der Waals surface area contributed by atoms with E-state index in [1.807, 2.05) is 53.4 Å². The van der Waals surface area contributed by atoms with Crippen LogP contribution < -0.4 is 4.74 Å². The molecule has 3 rings (SSSR count). The highest BCUT2D eigenvalue weighted by atomic mass is 16.6. The molecule has 5 nitrogen and oxygen atoms in total. The Morgan fingerprint density at radius 1 is 1.18 bits per heavy atom. The Balaban J connectivity index is 1.92. The number of non-ortho nitro benzene ring substituents is 1. The van der Waals surface area contributed by atoms with Gasteiger partial charge >= 0.3 is 0 Å². The Labute approximate surface area is 127 Å². The molecule has 0 amide bonds. The molecule has 0 saturated heterocycles. The Morgan fingerprint density at radius 3 is 2.82 bits per heavy atom. The van der Waals surface area contributed by atoms with Crippen LogP contribution in [-0.4, -0.2) is 16.6 Å². The zero-order valence-electron chi connectivity index (χ0n) is 12.0. The van der Waals surface area contributed by atoms with Crippen LogP contribution >= 0.6 is 0 Å². The summed E-state index contributed by atoms with van der Waals surface area (Å²) in [6.07, 6.45) is 5.67. The van der Waals surface area contributed by atoms with Crippen LogP contribution in [0.3, 0.4) is 0 Å². The SMILES string of the molecule is COc1ccc2c(ccn2/C=C/c2cccc([N+](=O)[O-])c2)c1. The minimum absolute atomic E-state index is 0.0873. The van der Waals surface area contributed by atoms with Crippen LogP contribution in [0, 0.1) is 10.1 Å². The third-order valence-electron chi connectivity index (χ3n) is 3.44. The van der Waals surface area contributed by atoms with Crippen LogP contribution in [-0.2, 0) is 0 Å². The standard InChI is InChI=1S/C17H14N2O3/c1-22-16-5-6-17-14(12-16)8-10-18(17)9-7-13-3-2-4-15(11-13)19(20)21/h2-12H,1H3/b9-7+. The number of ether oxygens (including phenoxy) is 1. The molecular formula is C17H14N2O3. The van der Waals surface area contributed by atoms with Crippen molar-refractivity contribution >= 4 is 28.9 Å². The largest absolute Gasteiger partial charge is 0.497 e. The summed E-state index contributed by atoms with van der Waals surface area (Å²) in [4.78, 5) is 10.4. The zero-order valence-corrected chi connectivity index (χ0v) is 12.0. The van der Waals surface area contributed by atoms with Crippen LogP contribution in [0.5, 0.6) is 5.75 Å². The summed E-state index contributed by atoms with van der Waals surface area (Å²) in [6.45, 7) is 0. The molecule has 110 valence electrons. The van der Waals surface area contributed by atoms with Crippen molar-refractivity contribution in [2.24, 2.45) is 0 Å². The van der Waals surface area contributed by atoms with Gasteiger partial charge in [0.15, 0.2) is 0 Å². The van der Waals surface area contributed by atoms with E-state index in [4.69, 9.17) is 4.74 Å². The molecule has 0 fully saturated rings. The first-order chi connectivity index (χ1) is 10.7. The van der Waals surface area contributed by atoms with E-state index in [1.54, 1.807) is 19.2 Å². The molecule has 0 radical (unpaired) electrons. The Bertz CT molecular complexity index is 865. The van der Waals surface area contributed by atoms with Gasteiger partial charge in [0.2, 0.25) is 0 Å². The smallest absolute Gasteiger partial charge is 0.270 e. The highest BCUT2D eigenvalue weighted by Gasteiger charge is 2.04. The van der Waals surface area contributed by atoms with Crippen molar-refractivity contribution in [2.45, 2.75) is 0 Å². The van der Waals surface area contributed by atoms with Gasteiger partial charge in [-0.25, -0.2) is 0 Å². The van der Waals surface area contributed by atoms with Crippen molar-refractivity contribution in [3.05, 3.63) is 70.4 Å². The van der Waals surface area contributed by atoms with Gasteiger partial charge in [0.25, 0.3) is 5.69 Å². The fourth-order valence-corrected chi connectivity index (χ4v) is 2.31. The first-order valence-electron chi connectivity index (χ1n) is 6.74. The number of hydrogen-bond acceptors (Lipinski definition) is 3. The summed E-state index contributed by atoms with van der Waals surface area (Å²) in [5.74, 6) is 0.813. The van der Waals surface area contributed by atoms with Crippen molar-refractivity contribution in [1.29, 1.82) is 0 Å². The molecule has 2 aromatic carbocycles. The number of hydrogen-bond donors (Lipinski definition) is 0. The Kier molecular flexibility index (Phi) is 3.62. The molecule has 0 bridgehead atoms. The topological polar surface area (TPSA) is 57.3 Å². The lowest BCUT2D eigenvalue weighted by molar-refractivity contribution is -0.384. The predicted molar refractivity (Wildman–Crippen MR) is 86.8 cm³/mol. The van der Waals surface area contributed by atoms with Crippen LogP contribution in [0.2, 0.25) is 0 Å². The maximum atomic E-state index is 10.8. The van der Waals surface area contributed by atoms with Crippen LogP contribution in [0.1, 0.15) is 5.56 Å². The molecule has 0 saturated carbocycles. The number of rotatable bonds is 4. The predicted octanol–water partition coefficient (Wildman–Crippen LogP) is 4.19. The number of nitro groups is 1. The molecule has 0 atom stereocenters. The van der Waals surface area contributed by atoms with Crippen LogP contribution in [0.15, 0.2) is 54.7 Å². The normalized spacial score (nSPS) is 11.1. The second kappa shape index (κ2) is 5.73. The van der Waals surface area contributed by atoms with Gasteiger partial charge in [-0.3, -0.25) is 10.1 Å². The zero-order chi connectivity index (χ0) is 15.5. The highest BCUT2D eigenvalue weighted by Crippen LogP contribution is 2.22. The third-order valence-corrected chi connectivity index (χ3v) is 3.44. The fraction of sp³-hybridized carbons (Fsp3) is 0.0588. The molecular weight excluding hydrogens is 280 g/mol. The van der Waals surface area contributed by atoms with Crippen molar-refractivity contribution in [3.63, 3.8) is 0 Å². The average Bonchev–Trinajstić information content (AvgIpc) is 2.95. The fourth-order valence-electron chi connectivity index (χ4n) is 2.31. The van der Waals surface area contributed by atoms with Crippen molar-refractivity contribution in [2.75, 3.05) is 7.11 Å². The molecule has 0 aliphatic heterocycles. The molecule has 5 heteroatoms.